The van der Waals surface area contributed by atoms with E-state index in [1.165, 1.54) is 6.07 Å². The van der Waals surface area contributed by atoms with Crippen LogP contribution in [0.2, 0.25) is 0 Å². The lowest BCUT2D eigenvalue weighted by atomic mass is 10.1. The zero-order valence-electron chi connectivity index (χ0n) is 14.7. The molecule has 9 heteroatoms. The van der Waals surface area contributed by atoms with Gasteiger partial charge in [-0.3, -0.25) is 19.0 Å². The Hall–Kier alpha value is -2.42. The van der Waals surface area contributed by atoms with E-state index in [2.05, 4.69) is 15.1 Å². The molecule has 6 nitrogen and oxygen atoms in total. The maximum Gasteiger partial charge on any atom is 0.264 e. The van der Waals surface area contributed by atoms with E-state index in [0.29, 0.717) is 24.2 Å². The number of halogens is 2. The summed E-state index contributed by atoms with van der Waals surface area (Å²) in [5.74, 6) is 0. The topological polar surface area (TPSA) is 68.5 Å². The molecule has 1 N–H and O–H groups in total. The van der Waals surface area contributed by atoms with Gasteiger partial charge in [-0.2, -0.15) is 5.10 Å². The number of fused-ring (bicyclic) bond motifs is 1. The summed E-state index contributed by atoms with van der Waals surface area (Å²) in [5, 5.41) is 4.04. The van der Waals surface area contributed by atoms with Crippen molar-refractivity contribution in [2.45, 2.75) is 46.2 Å². The smallest absolute Gasteiger partial charge is 0.264 e. The molecule has 138 valence electrons. The van der Waals surface area contributed by atoms with Crippen LogP contribution in [-0.4, -0.2) is 24.3 Å². The SMILES string of the molecule is CC[C@H](C)n1c(=S)[nH]c(=O)c2c(C(F)F)cc(-c3cnn(CC)c3)nc21. The van der Waals surface area contributed by atoms with E-state index in [1.807, 2.05) is 20.8 Å². The summed E-state index contributed by atoms with van der Waals surface area (Å²) in [7, 11) is 0. The van der Waals surface area contributed by atoms with Gasteiger partial charge in [0.25, 0.3) is 12.0 Å². The van der Waals surface area contributed by atoms with Crippen molar-refractivity contribution in [2.24, 2.45) is 0 Å². The first-order chi connectivity index (χ1) is 12.4. The Morgan fingerprint density at radius 3 is 2.65 bits per heavy atom. The first-order valence-electron chi connectivity index (χ1n) is 8.37. The lowest BCUT2D eigenvalue weighted by molar-refractivity contribution is 0.153. The normalized spacial score (nSPS) is 12.8. The van der Waals surface area contributed by atoms with Gasteiger partial charge in [-0.05, 0) is 38.6 Å². The Morgan fingerprint density at radius 2 is 2.08 bits per heavy atom. The molecule has 0 aliphatic heterocycles. The van der Waals surface area contributed by atoms with Crippen molar-refractivity contribution < 1.29 is 8.78 Å². The largest absolute Gasteiger partial charge is 0.300 e. The molecule has 0 aliphatic carbocycles. The first kappa shape index (κ1) is 18.4. The van der Waals surface area contributed by atoms with Gasteiger partial charge in [0.1, 0.15) is 5.65 Å². The Bertz CT molecular complexity index is 1070. The summed E-state index contributed by atoms with van der Waals surface area (Å²) >= 11 is 5.26. The molecule has 0 aromatic carbocycles. The minimum atomic E-state index is -2.82. The third-order valence-corrected chi connectivity index (χ3v) is 4.74. The van der Waals surface area contributed by atoms with Crippen LogP contribution in [0.4, 0.5) is 8.78 Å². The fraction of sp³-hybridized carbons (Fsp3) is 0.412. The highest BCUT2D eigenvalue weighted by molar-refractivity contribution is 7.71. The Morgan fingerprint density at radius 1 is 1.35 bits per heavy atom. The molecule has 0 saturated carbocycles. The number of aromatic amines is 1. The number of hydrogen-bond donors (Lipinski definition) is 1. The molecule has 3 rings (SSSR count). The number of hydrogen-bond acceptors (Lipinski definition) is 4. The van der Waals surface area contributed by atoms with Gasteiger partial charge in [-0.1, -0.05) is 6.92 Å². The zero-order valence-corrected chi connectivity index (χ0v) is 15.5. The summed E-state index contributed by atoms with van der Waals surface area (Å²) in [5.41, 5.74) is 0.109. The highest BCUT2D eigenvalue weighted by atomic mass is 32.1. The van der Waals surface area contributed by atoms with Gasteiger partial charge in [-0.15, -0.1) is 0 Å². The van der Waals surface area contributed by atoms with E-state index >= 15 is 0 Å². The fourth-order valence-corrected chi connectivity index (χ4v) is 3.21. The highest BCUT2D eigenvalue weighted by Gasteiger charge is 2.22. The number of rotatable bonds is 5. The van der Waals surface area contributed by atoms with Crippen molar-refractivity contribution in [1.29, 1.82) is 0 Å². The average Bonchev–Trinajstić information content (AvgIpc) is 3.09. The molecule has 1 atom stereocenters. The van der Waals surface area contributed by atoms with Gasteiger partial charge in [0.05, 0.1) is 17.3 Å². The molecule has 0 aliphatic rings. The lowest BCUT2D eigenvalue weighted by Crippen LogP contribution is -2.19. The molecule has 0 bridgehead atoms. The molecule has 0 fully saturated rings. The van der Waals surface area contributed by atoms with E-state index in [1.54, 1.807) is 21.6 Å². The Balaban J connectivity index is 2.43. The monoisotopic (exact) mass is 379 g/mol. The van der Waals surface area contributed by atoms with Crippen LogP contribution in [0.3, 0.4) is 0 Å². The summed E-state index contributed by atoms with van der Waals surface area (Å²) in [6.07, 6.45) is 1.20. The number of pyridine rings is 1. The van der Waals surface area contributed by atoms with Crippen molar-refractivity contribution in [1.82, 2.24) is 24.3 Å². The number of H-pyrrole nitrogens is 1. The van der Waals surface area contributed by atoms with Gasteiger partial charge in [0.15, 0.2) is 4.77 Å². The van der Waals surface area contributed by atoms with Gasteiger partial charge < -0.3 is 0 Å². The third kappa shape index (κ3) is 3.07. The van der Waals surface area contributed by atoms with Crippen LogP contribution < -0.4 is 5.56 Å². The van der Waals surface area contributed by atoms with Crippen molar-refractivity contribution in [2.75, 3.05) is 0 Å². The van der Waals surface area contributed by atoms with Crippen molar-refractivity contribution in [3.8, 4) is 11.3 Å². The molecular weight excluding hydrogens is 360 g/mol. The maximum absolute atomic E-state index is 13.7. The molecule has 3 aromatic heterocycles. The van der Waals surface area contributed by atoms with Crippen LogP contribution in [0.1, 0.15) is 45.2 Å². The average molecular weight is 379 g/mol. The van der Waals surface area contributed by atoms with Gasteiger partial charge in [0.2, 0.25) is 0 Å². The zero-order chi connectivity index (χ0) is 19.0. The quantitative estimate of drug-likeness (QED) is 0.673. The molecule has 3 heterocycles. The van der Waals surface area contributed by atoms with Gasteiger partial charge in [0, 0.05) is 29.9 Å². The van der Waals surface area contributed by atoms with Crippen LogP contribution in [0.25, 0.3) is 22.3 Å². The number of aromatic nitrogens is 5. The van der Waals surface area contributed by atoms with Crippen LogP contribution in [0.5, 0.6) is 0 Å². The maximum atomic E-state index is 13.7. The van der Waals surface area contributed by atoms with E-state index in [0.717, 1.165) is 0 Å². The van der Waals surface area contributed by atoms with Crippen LogP contribution in [-0.2, 0) is 6.54 Å². The number of nitrogens with zero attached hydrogens (tertiary/aromatic N) is 4. The predicted molar refractivity (Wildman–Crippen MR) is 98.0 cm³/mol. The summed E-state index contributed by atoms with van der Waals surface area (Å²) in [6, 6.07) is 1.15. The molecular formula is C17H19F2N5OS. The van der Waals surface area contributed by atoms with Crippen LogP contribution in [0, 0.1) is 4.77 Å². The van der Waals surface area contributed by atoms with Crippen molar-refractivity contribution >= 4 is 23.3 Å². The van der Waals surface area contributed by atoms with E-state index in [9.17, 15) is 13.6 Å². The standard InChI is InChI=1S/C17H19F2N5OS/c1-4-9(3)24-15-13(16(25)22-17(24)26)11(14(18)19)6-12(21-15)10-7-20-23(5-2)8-10/h6-9,14H,4-5H2,1-3H3,(H,22,25,26)/t9-/m0/s1. The van der Waals surface area contributed by atoms with Crippen LogP contribution >= 0.6 is 12.2 Å². The Labute approximate surface area is 153 Å². The Kier molecular flexibility index (Phi) is 4.99. The number of nitrogens with one attached hydrogen (secondary N) is 1. The lowest BCUT2D eigenvalue weighted by Gasteiger charge is -2.18. The first-order valence-corrected chi connectivity index (χ1v) is 8.78. The van der Waals surface area contributed by atoms with Crippen molar-refractivity contribution in [3.63, 3.8) is 0 Å². The second-order valence-electron chi connectivity index (χ2n) is 6.07. The molecule has 26 heavy (non-hydrogen) atoms. The van der Waals surface area contributed by atoms with Crippen LogP contribution in [0.15, 0.2) is 23.3 Å². The minimum absolute atomic E-state index is 0.103. The molecule has 0 saturated heterocycles. The van der Waals surface area contributed by atoms with Gasteiger partial charge >= 0.3 is 0 Å². The molecule has 0 radical (unpaired) electrons. The molecule has 0 spiro atoms. The van der Waals surface area contributed by atoms with Crippen molar-refractivity contribution in [3.05, 3.63) is 39.1 Å². The van der Waals surface area contributed by atoms with E-state index < -0.39 is 12.0 Å². The molecule has 0 unspecified atom stereocenters. The van der Waals surface area contributed by atoms with E-state index in [4.69, 9.17) is 12.2 Å². The third-order valence-electron chi connectivity index (χ3n) is 4.45. The molecule has 3 aromatic rings. The summed E-state index contributed by atoms with van der Waals surface area (Å²) < 4.78 is 30.9. The molecule has 0 amide bonds. The summed E-state index contributed by atoms with van der Waals surface area (Å²) in [6.45, 7) is 6.43. The fourth-order valence-electron chi connectivity index (χ4n) is 2.85. The minimum Gasteiger partial charge on any atom is -0.300 e. The summed E-state index contributed by atoms with van der Waals surface area (Å²) in [4.78, 5) is 19.4. The highest BCUT2D eigenvalue weighted by Crippen LogP contribution is 2.30. The number of alkyl halides is 2. The number of aryl methyl sites for hydroxylation is 1. The second-order valence-corrected chi connectivity index (χ2v) is 6.45. The van der Waals surface area contributed by atoms with Gasteiger partial charge in [-0.25, -0.2) is 13.8 Å². The predicted octanol–water partition coefficient (Wildman–Crippen LogP) is 4.25. The second kappa shape index (κ2) is 7.06. The van der Waals surface area contributed by atoms with E-state index in [-0.39, 0.29) is 27.4 Å².